The summed E-state index contributed by atoms with van der Waals surface area (Å²) in [6.45, 7) is 1.71. The minimum atomic E-state index is -2.34. The third-order valence-electron chi connectivity index (χ3n) is 2.90. The van der Waals surface area contributed by atoms with Gasteiger partial charge in [-0.05, 0) is 0 Å². The summed E-state index contributed by atoms with van der Waals surface area (Å²) in [6.07, 6.45) is 0.311. The van der Waals surface area contributed by atoms with E-state index in [0.29, 0.717) is 12.1 Å². The van der Waals surface area contributed by atoms with Crippen LogP contribution in [0, 0.1) is 0 Å². The average Bonchev–Trinajstić information content (AvgIpc) is 2.43. The molecule has 0 saturated carbocycles. The van der Waals surface area contributed by atoms with Crippen molar-refractivity contribution in [2.45, 2.75) is 28.2 Å². The van der Waals surface area contributed by atoms with Gasteiger partial charge in [0.1, 0.15) is 0 Å². The first-order valence-corrected chi connectivity index (χ1v) is 16.8. The van der Waals surface area contributed by atoms with Crippen LogP contribution in [0.25, 0.3) is 0 Å². The van der Waals surface area contributed by atoms with E-state index in [0.717, 1.165) is 5.75 Å². The molecule has 0 heterocycles. The summed E-state index contributed by atoms with van der Waals surface area (Å²) < 4.78 is 6.59. The number of amides is 3. The van der Waals surface area contributed by atoms with Gasteiger partial charge in [-0.3, -0.25) is 0 Å². The van der Waals surface area contributed by atoms with Gasteiger partial charge in [-0.15, -0.1) is 0 Å². The van der Waals surface area contributed by atoms with Crippen LogP contribution >= 0.6 is 0 Å². The van der Waals surface area contributed by atoms with Crippen LogP contribution in [0.4, 0.5) is 10.5 Å². The van der Waals surface area contributed by atoms with E-state index in [4.69, 9.17) is 4.74 Å². The van der Waals surface area contributed by atoms with Crippen LogP contribution in [-0.4, -0.2) is 37.4 Å². The van der Waals surface area contributed by atoms with E-state index in [9.17, 15) is 9.59 Å². The molecule has 116 valence electrons. The van der Waals surface area contributed by atoms with Crippen LogP contribution < -0.4 is 24.5 Å². The van der Waals surface area contributed by atoms with Crippen LogP contribution in [0.3, 0.4) is 0 Å². The van der Waals surface area contributed by atoms with Gasteiger partial charge in [0.2, 0.25) is 0 Å². The van der Waals surface area contributed by atoms with Crippen LogP contribution in [0.5, 0.6) is 5.75 Å². The quantitative estimate of drug-likeness (QED) is 0.533. The van der Waals surface area contributed by atoms with E-state index in [1.807, 2.05) is 12.1 Å². The zero-order valence-corrected chi connectivity index (χ0v) is 16.0. The Morgan fingerprint density at radius 1 is 1.19 bits per heavy atom. The molecule has 1 aromatic carbocycles. The monoisotopic (exact) mass is 401 g/mol. The number of hydrogen-bond acceptors (Lipinski definition) is 3. The van der Waals surface area contributed by atoms with E-state index in [-0.39, 0.29) is 5.91 Å². The second-order valence-corrected chi connectivity index (χ2v) is 20.0. The van der Waals surface area contributed by atoms with Crippen LogP contribution in [0.1, 0.15) is 13.3 Å². The summed E-state index contributed by atoms with van der Waals surface area (Å²) in [5, 5.41) is 2.70. The van der Waals surface area contributed by atoms with Crippen molar-refractivity contribution in [3.63, 3.8) is 0 Å². The first-order valence-electron chi connectivity index (χ1n) is 6.82. The number of methoxy groups -OCH3 is 1. The molecule has 0 spiro atoms. The second kappa shape index (κ2) is 7.53. The molecule has 3 amide bonds. The molecule has 0 aliphatic heterocycles. The average molecular weight is 400 g/mol. The van der Waals surface area contributed by atoms with Crippen LogP contribution in [0.15, 0.2) is 18.2 Å². The minimum absolute atomic E-state index is 0.244. The van der Waals surface area contributed by atoms with Crippen molar-refractivity contribution < 1.29 is 14.3 Å². The van der Waals surface area contributed by atoms with Crippen molar-refractivity contribution >= 4 is 39.6 Å². The van der Waals surface area contributed by atoms with Gasteiger partial charge in [-0.2, -0.15) is 0 Å². The first kappa shape index (κ1) is 17.6. The molecule has 0 unspecified atom stereocenters. The molecule has 0 aliphatic carbocycles. The molecule has 0 saturated heterocycles. The Labute approximate surface area is 129 Å². The Hall–Kier alpha value is -1.44. The van der Waals surface area contributed by atoms with Crippen molar-refractivity contribution in [2.24, 2.45) is 0 Å². The molecule has 0 aliphatic rings. The molecule has 0 aromatic heterocycles. The number of carbonyl (C=O) groups excluding carboxylic acids is 2. The van der Waals surface area contributed by atoms with Crippen LogP contribution in [-0.2, 0) is 4.79 Å². The fourth-order valence-electron chi connectivity index (χ4n) is 1.75. The molecular weight excluding hydrogens is 377 g/mol. The molecule has 3 N–H and O–H groups in total. The molecule has 0 radical (unpaired) electrons. The number of benzene rings is 1. The van der Waals surface area contributed by atoms with Crippen molar-refractivity contribution in [3.05, 3.63) is 18.2 Å². The first-order chi connectivity index (χ1) is 9.77. The summed E-state index contributed by atoms with van der Waals surface area (Å²) in [4.78, 5) is 29.6. The summed E-state index contributed by atoms with van der Waals surface area (Å²) in [6, 6.07) is 5.12. The van der Waals surface area contributed by atoms with E-state index in [1.165, 1.54) is 3.58 Å². The topological polar surface area (TPSA) is 79.5 Å². The standard InChI is InChI=1S/C11H14N3O3.3CH3.Sn/c1-3-10(15)13-14-11(16)12-8-4-6-9(17-2)7-5-8;;;;/h4-6H,3H2,1-2H3,(H,13,15)(H2,12,14,16);3*1H3;. The zero-order valence-electron chi connectivity index (χ0n) is 13.2. The summed E-state index contributed by atoms with van der Waals surface area (Å²) in [5.74, 6) is 0.620. The number of urea groups is 1. The summed E-state index contributed by atoms with van der Waals surface area (Å²) >= 11 is -2.34. The fourth-order valence-corrected chi connectivity index (χ4v) is 6.07. The molecule has 0 atom stereocenters. The van der Waals surface area contributed by atoms with E-state index >= 15 is 0 Å². The number of nitrogens with one attached hydrogen (secondary N) is 3. The maximum atomic E-state index is 11.7. The van der Waals surface area contributed by atoms with Crippen molar-refractivity contribution in [3.8, 4) is 5.75 Å². The predicted molar refractivity (Wildman–Crippen MR) is 86.6 cm³/mol. The Kier molecular flexibility index (Phi) is 6.32. The van der Waals surface area contributed by atoms with E-state index < -0.39 is 24.4 Å². The Morgan fingerprint density at radius 3 is 2.38 bits per heavy atom. The third-order valence-corrected chi connectivity index (χ3v) is 8.63. The Morgan fingerprint density at radius 2 is 1.86 bits per heavy atom. The number of hydrogen-bond donors (Lipinski definition) is 3. The van der Waals surface area contributed by atoms with Crippen molar-refractivity contribution in [1.29, 1.82) is 0 Å². The number of carbonyl (C=O) groups is 2. The molecule has 6 nitrogen and oxygen atoms in total. The molecule has 0 fully saturated rings. The van der Waals surface area contributed by atoms with Crippen molar-refractivity contribution in [2.75, 3.05) is 12.4 Å². The van der Waals surface area contributed by atoms with Gasteiger partial charge in [0.05, 0.1) is 0 Å². The molecule has 7 heteroatoms. The van der Waals surface area contributed by atoms with Gasteiger partial charge in [-0.25, -0.2) is 0 Å². The van der Waals surface area contributed by atoms with Gasteiger partial charge < -0.3 is 0 Å². The molecule has 0 bridgehead atoms. The Balaban J connectivity index is 2.81. The van der Waals surface area contributed by atoms with Gasteiger partial charge in [0.15, 0.2) is 0 Å². The summed E-state index contributed by atoms with van der Waals surface area (Å²) in [7, 11) is 1.65. The molecule has 21 heavy (non-hydrogen) atoms. The number of hydrazine groups is 1. The zero-order chi connectivity index (χ0) is 16.0. The number of rotatable bonds is 4. The second-order valence-electron chi connectivity index (χ2n) is 5.65. The van der Waals surface area contributed by atoms with Gasteiger partial charge in [-0.1, -0.05) is 0 Å². The van der Waals surface area contributed by atoms with Crippen molar-refractivity contribution in [1.82, 2.24) is 10.9 Å². The summed E-state index contributed by atoms with van der Waals surface area (Å²) in [5.41, 5.74) is 5.29. The van der Waals surface area contributed by atoms with Gasteiger partial charge >= 0.3 is 129 Å². The molecular formula is C14H23N3O3Sn. The predicted octanol–water partition coefficient (Wildman–Crippen LogP) is 1.80. The SMILES string of the molecule is CCC(=O)NNC(=O)Nc1ccc(OC)[c]([Sn]([CH3])([CH3])[CH3])c1. The number of ether oxygens (including phenoxy) is 1. The molecule has 1 aromatic rings. The Bertz CT molecular complexity index is 527. The van der Waals surface area contributed by atoms with Crippen LogP contribution in [0.2, 0.25) is 14.8 Å². The maximum absolute atomic E-state index is 11.7. The third kappa shape index (κ3) is 5.45. The van der Waals surface area contributed by atoms with Gasteiger partial charge in [0, 0.05) is 0 Å². The normalized spacial score (nSPS) is 10.7. The number of anilines is 1. The molecule has 1 rings (SSSR count). The fraction of sp³-hybridized carbons (Fsp3) is 0.429. The van der Waals surface area contributed by atoms with E-state index in [1.54, 1.807) is 20.1 Å². The van der Waals surface area contributed by atoms with E-state index in [2.05, 4.69) is 31.0 Å². The van der Waals surface area contributed by atoms with Gasteiger partial charge in [0.25, 0.3) is 0 Å².